The molecule has 7 heteroatoms. The van der Waals surface area contributed by atoms with E-state index in [-0.39, 0.29) is 12.0 Å². The van der Waals surface area contributed by atoms with E-state index in [4.69, 9.17) is 19.2 Å². The third-order valence-corrected chi connectivity index (χ3v) is 5.85. The van der Waals surface area contributed by atoms with Crippen molar-refractivity contribution in [3.63, 3.8) is 0 Å². The fourth-order valence-corrected chi connectivity index (χ4v) is 4.74. The van der Waals surface area contributed by atoms with E-state index < -0.39 is 52.8 Å². The van der Waals surface area contributed by atoms with E-state index in [9.17, 15) is 14.7 Å². The summed E-state index contributed by atoms with van der Waals surface area (Å²) in [7, 11) is 0. The molecule has 0 amide bonds. The molecule has 0 spiro atoms. The van der Waals surface area contributed by atoms with Crippen LogP contribution in [0, 0.1) is 11.8 Å². The Balaban J connectivity index is 1.87. The highest BCUT2D eigenvalue weighted by molar-refractivity contribution is 5.91. The maximum absolute atomic E-state index is 12.1. The summed E-state index contributed by atoms with van der Waals surface area (Å²) in [5.74, 6) is -2.03. The van der Waals surface area contributed by atoms with Gasteiger partial charge in [-0.05, 0) is 19.9 Å². The molecule has 1 unspecified atom stereocenters. The predicted molar refractivity (Wildman–Crippen MR) is 79.2 cm³/mol. The van der Waals surface area contributed by atoms with Gasteiger partial charge in [-0.25, -0.2) is 14.6 Å². The third-order valence-electron chi connectivity index (χ3n) is 5.85. The zero-order valence-corrected chi connectivity index (χ0v) is 13.8. The van der Waals surface area contributed by atoms with Crippen molar-refractivity contribution in [2.75, 3.05) is 0 Å². The van der Waals surface area contributed by atoms with Gasteiger partial charge in [-0.1, -0.05) is 12.7 Å². The largest absolute Gasteiger partial charge is 0.462 e. The molecule has 0 aromatic heterocycles. The normalized spacial score (nSPS) is 51.8. The quantitative estimate of drug-likeness (QED) is 0.328. The topological polar surface area (TPSA) is 91.3 Å². The van der Waals surface area contributed by atoms with E-state index in [1.807, 2.05) is 13.0 Å². The Hall–Kier alpha value is -1.70. The van der Waals surface area contributed by atoms with Crippen LogP contribution in [0.5, 0.6) is 0 Å². The minimum Gasteiger partial charge on any atom is -0.462 e. The van der Waals surface area contributed by atoms with Gasteiger partial charge < -0.3 is 14.6 Å². The van der Waals surface area contributed by atoms with Gasteiger partial charge in [0, 0.05) is 18.9 Å². The van der Waals surface area contributed by atoms with Gasteiger partial charge in [-0.3, -0.25) is 4.79 Å². The van der Waals surface area contributed by atoms with Gasteiger partial charge in [0.1, 0.15) is 23.4 Å². The molecule has 3 fully saturated rings. The highest BCUT2D eigenvalue weighted by atomic mass is 17.2. The van der Waals surface area contributed by atoms with Crippen molar-refractivity contribution in [3.05, 3.63) is 24.3 Å². The number of carbonyl (C=O) groups excluding carboxylic acids is 2. The number of hydrogen-bond donors (Lipinski definition) is 1. The average Bonchev–Trinajstić information content (AvgIpc) is 3.01. The molecule has 2 bridgehead atoms. The average molecular weight is 336 g/mol. The molecule has 7 atom stereocenters. The van der Waals surface area contributed by atoms with Crippen molar-refractivity contribution in [1.82, 2.24) is 0 Å². The SMILES string of the molecule is C=C1C(=O)O[C@H]2C1[C@@H](OC(C)=O)C[C@@](C)(O)[C@]13C=C[C@](C)(OO1)[C@H]23. The van der Waals surface area contributed by atoms with Gasteiger partial charge in [0.15, 0.2) is 5.60 Å². The van der Waals surface area contributed by atoms with Gasteiger partial charge >= 0.3 is 11.9 Å². The molecule has 0 aromatic rings. The summed E-state index contributed by atoms with van der Waals surface area (Å²) >= 11 is 0. The standard InChI is InChI=1S/C17H20O7/c1-8-11-10(21-9(2)18)7-16(4,20)17-6-5-15(3,23-24-17)13(17)12(11)22-14(8)19/h5-6,10-13,20H,1,7H2,2-4H3/t10-,11?,12-,13-,15-,16+,17+/m0/s1. The molecule has 2 aliphatic carbocycles. The van der Waals surface area contributed by atoms with Crippen LogP contribution in [0.3, 0.4) is 0 Å². The van der Waals surface area contributed by atoms with Crippen molar-refractivity contribution >= 4 is 11.9 Å². The number of esters is 2. The molecule has 0 aromatic carbocycles. The number of rotatable bonds is 1. The molecule has 0 radical (unpaired) electrons. The summed E-state index contributed by atoms with van der Waals surface area (Å²) in [6, 6.07) is 0. The molecule has 130 valence electrons. The van der Waals surface area contributed by atoms with Crippen LogP contribution in [-0.2, 0) is 28.8 Å². The second kappa shape index (κ2) is 4.47. The Morgan fingerprint density at radius 2 is 2.08 bits per heavy atom. The molecule has 4 rings (SSSR count). The van der Waals surface area contributed by atoms with E-state index in [1.54, 1.807) is 13.0 Å². The first-order valence-electron chi connectivity index (χ1n) is 7.98. The first kappa shape index (κ1) is 15.8. The summed E-state index contributed by atoms with van der Waals surface area (Å²) in [6.07, 6.45) is 2.27. The Morgan fingerprint density at radius 1 is 1.38 bits per heavy atom. The van der Waals surface area contributed by atoms with Crippen LogP contribution in [0.4, 0.5) is 0 Å². The smallest absolute Gasteiger partial charge is 0.334 e. The maximum atomic E-state index is 12.1. The number of ether oxygens (including phenoxy) is 2. The third kappa shape index (κ3) is 1.72. The fourth-order valence-electron chi connectivity index (χ4n) is 4.74. The van der Waals surface area contributed by atoms with Gasteiger partial charge in [0.05, 0.1) is 11.8 Å². The summed E-state index contributed by atoms with van der Waals surface area (Å²) in [5.41, 5.74) is -3.17. The van der Waals surface area contributed by atoms with Crippen molar-refractivity contribution in [2.24, 2.45) is 11.8 Å². The van der Waals surface area contributed by atoms with E-state index in [2.05, 4.69) is 6.58 Å². The van der Waals surface area contributed by atoms with E-state index >= 15 is 0 Å². The fraction of sp³-hybridized carbons (Fsp3) is 0.647. The first-order chi connectivity index (χ1) is 11.1. The van der Waals surface area contributed by atoms with Crippen LogP contribution >= 0.6 is 0 Å². The molecule has 2 saturated heterocycles. The van der Waals surface area contributed by atoms with E-state index in [0.717, 1.165) is 0 Å². The van der Waals surface area contributed by atoms with Crippen LogP contribution in [0.15, 0.2) is 24.3 Å². The molecule has 2 heterocycles. The number of hydrogen-bond acceptors (Lipinski definition) is 7. The lowest BCUT2D eigenvalue weighted by molar-refractivity contribution is -0.361. The second-order valence-corrected chi connectivity index (χ2v) is 7.50. The van der Waals surface area contributed by atoms with Crippen molar-refractivity contribution in [1.29, 1.82) is 0 Å². The van der Waals surface area contributed by atoms with Crippen molar-refractivity contribution in [3.8, 4) is 0 Å². The van der Waals surface area contributed by atoms with Crippen molar-refractivity contribution < 1.29 is 33.9 Å². The number of aliphatic hydroxyl groups is 1. The lowest BCUT2D eigenvalue weighted by Gasteiger charge is -2.39. The minimum absolute atomic E-state index is 0.0731. The molecule has 1 N–H and O–H groups in total. The summed E-state index contributed by atoms with van der Waals surface area (Å²) < 4.78 is 11.0. The second-order valence-electron chi connectivity index (χ2n) is 7.50. The molecule has 7 nitrogen and oxygen atoms in total. The van der Waals surface area contributed by atoms with Gasteiger partial charge in [-0.2, -0.15) is 0 Å². The number of carbonyl (C=O) groups is 2. The minimum atomic E-state index is -1.39. The molecule has 4 aliphatic rings. The number of fused-ring (bicyclic) bond motifs is 1. The monoisotopic (exact) mass is 336 g/mol. The van der Waals surface area contributed by atoms with Crippen LogP contribution in [0.2, 0.25) is 0 Å². The Morgan fingerprint density at radius 3 is 2.67 bits per heavy atom. The van der Waals surface area contributed by atoms with Crippen molar-refractivity contribution in [2.45, 2.75) is 56.2 Å². The van der Waals surface area contributed by atoms with Crippen LogP contribution in [0.25, 0.3) is 0 Å². The van der Waals surface area contributed by atoms with E-state index in [0.29, 0.717) is 0 Å². The lowest BCUT2D eigenvalue weighted by Crippen LogP contribution is -2.56. The van der Waals surface area contributed by atoms with Gasteiger partial charge in [0.2, 0.25) is 0 Å². The summed E-state index contributed by atoms with van der Waals surface area (Å²) in [6.45, 7) is 8.55. The van der Waals surface area contributed by atoms with Crippen LogP contribution in [-0.4, -0.2) is 46.1 Å². The van der Waals surface area contributed by atoms with Gasteiger partial charge in [-0.15, -0.1) is 0 Å². The Bertz CT molecular complexity index is 680. The molecule has 24 heavy (non-hydrogen) atoms. The zero-order valence-electron chi connectivity index (χ0n) is 13.8. The van der Waals surface area contributed by atoms with E-state index in [1.165, 1.54) is 6.92 Å². The predicted octanol–water partition coefficient (Wildman–Crippen LogP) is 0.816. The van der Waals surface area contributed by atoms with Gasteiger partial charge in [0.25, 0.3) is 0 Å². The first-order valence-corrected chi connectivity index (χ1v) is 7.98. The molecule has 2 aliphatic heterocycles. The molecular weight excluding hydrogens is 316 g/mol. The highest BCUT2D eigenvalue weighted by Crippen LogP contribution is 2.61. The summed E-state index contributed by atoms with van der Waals surface area (Å²) in [5, 5.41) is 11.2. The maximum Gasteiger partial charge on any atom is 0.334 e. The lowest BCUT2D eigenvalue weighted by atomic mass is 9.71. The molecule has 1 saturated carbocycles. The van der Waals surface area contributed by atoms with Crippen LogP contribution < -0.4 is 0 Å². The Kier molecular flexibility index (Phi) is 2.95. The zero-order chi connectivity index (χ0) is 17.5. The highest BCUT2D eigenvalue weighted by Gasteiger charge is 2.75. The molecular formula is C17H20O7. The van der Waals surface area contributed by atoms with Crippen LogP contribution in [0.1, 0.15) is 27.2 Å². The summed E-state index contributed by atoms with van der Waals surface area (Å²) in [4.78, 5) is 34.8. The Labute approximate surface area is 139 Å².